The van der Waals surface area contributed by atoms with Gasteiger partial charge in [-0.2, -0.15) is 10.2 Å². The number of anilines is 2. The molecule has 0 spiro atoms. The second-order valence-electron chi connectivity index (χ2n) is 5.95. The summed E-state index contributed by atoms with van der Waals surface area (Å²) in [5.74, 6) is 0. The minimum Gasteiger partial charge on any atom is -0.362 e. The van der Waals surface area contributed by atoms with Gasteiger partial charge in [0.15, 0.2) is 5.11 Å². The molecule has 0 saturated carbocycles. The van der Waals surface area contributed by atoms with Gasteiger partial charge in [0.25, 0.3) is 0 Å². The molecule has 0 atom stereocenters. The van der Waals surface area contributed by atoms with E-state index in [9.17, 15) is 0 Å². The topological polar surface area (TPSA) is 68.9 Å². The highest BCUT2D eigenvalue weighted by Crippen LogP contribution is 2.21. The number of aryl methyl sites for hydroxylation is 1. The number of hydrogen-bond acceptors (Lipinski definition) is 4. The molecule has 3 rings (SSSR count). The first-order chi connectivity index (χ1) is 12.6. The predicted molar refractivity (Wildman–Crippen MR) is 106 cm³/mol. The Bertz CT molecular complexity index is 886. The highest BCUT2D eigenvalue weighted by molar-refractivity contribution is 7.80. The van der Waals surface area contributed by atoms with Gasteiger partial charge >= 0.3 is 0 Å². The third-order valence-electron chi connectivity index (χ3n) is 3.95. The van der Waals surface area contributed by atoms with Crippen LogP contribution in [0.4, 0.5) is 11.4 Å². The lowest BCUT2D eigenvalue weighted by Gasteiger charge is -2.10. The molecule has 0 fully saturated rings. The van der Waals surface area contributed by atoms with Crippen LogP contribution in [0.1, 0.15) is 17.0 Å². The van der Waals surface area contributed by atoms with Crippen molar-refractivity contribution in [3.63, 3.8) is 0 Å². The van der Waals surface area contributed by atoms with Gasteiger partial charge in [-0.1, -0.05) is 30.3 Å². The lowest BCUT2D eigenvalue weighted by Crippen LogP contribution is -2.19. The van der Waals surface area contributed by atoms with Crippen LogP contribution in [-0.2, 0) is 18.0 Å². The average molecular weight is 370 g/mol. The zero-order valence-corrected chi connectivity index (χ0v) is 15.9. The van der Waals surface area contributed by atoms with Crippen molar-refractivity contribution < 1.29 is 4.74 Å². The lowest BCUT2D eigenvalue weighted by atomic mass is 10.2. The number of hydrogen-bond donors (Lipinski definition) is 2. The second kappa shape index (κ2) is 8.11. The Hall–Kier alpha value is -2.71. The zero-order chi connectivity index (χ0) is 18.5. The highest BCUT2D eigenvalue weighted by Gasteiger charge is 2.13. The minimum absolute atomic E-state index is 0.395. The summed E-state index contributed by atoms with van der Waals surface area (Å²) in [7, 11) is 1.62. The molecule has 0 aliphatic heterocycles. The number of methoxy groups -OCH3 is 1. The average Bonchev–Trinajstić information content (AvgIpc) is 3.16. The summed E-state index contributed by atoms with van der Waals surface area (Å²) < 4.78 is 8.70. The molecule has 0 saturated heterocycles. The molecule has 26 heavy (non-hydrogen) atoms. The van der Waals surface area contributed by atoms with Gasteiger partial charge in [-0.05, 0) is 31.6 Å². The van der Waals surface area contributed by atoms with E-state index >= 15 is 0 Å². The number of thiocarbonyl (C=S) groups is 1. The van der Waals surface area contributed by atoms with Crippen molar-refractivity contribution in [2.75, 3.05) is 17.7 Å². The molecule has 136 valence electrons. The summed E-state index contributed by atoms with van der Waals surface area (Å²) in [4.78, 5) is 0. The molecule has 1 aromatic carbocycles. The van der Waals surface area contributed by atoms with Crippen LogP contribution < -0.4 is 10.6 Å². The largest absolute Gasteiger partial charge is 0.362 e. The van der Waals surface area contributed by atoms with Crippen LogP contribution in [0, 0.1) is 13.8 Å². The SMILES string of the molecule is COCn1cc(NC(=S)Nc2c(C)nn(Cc3ccccc3)c2C)cn1. The number of benzene rings is 1. The molecule has 3 aromatic rings. The monoisotopic (exact) mass is 370 g/mol. The summed E-state index contributed by atoms with van der Waals surface area (Å²) in [6.45, 7) is 5.12. The first-order valence-corrected chi connectivity index (χ1v) is 8.65. The number of nitrogens with one attached hydrogen (secondary N) is 2. The Kier molecular flexibility index (Phi) is 5.65. The molecule has 0 radical (unpaired) electrons. The van der Waals surface area contributed by atoms with E-state index in [0.29, 0.717) is 11.8 Å². The predicted octanol–water partition coefficient (Wildman–Crippen LogP) is 3.16. The summed E-state index contributed by atoms with van der Waals surface area (Å²) in [5.41, 5.74) is 4.85. The number of ether oxygens (including phenoxy) is 1. The van der Waals surface area contributed by atoms with Gasteiger partial charge in [-0.25, -0.2) is 4.68 Å². The first kappa shape index (κ1) is 18.1. The van der Waals surface area contributed by atoms with Crippen LogP contribution in [0.5, 0.6) is 0 Å². The molecule has 8 heteroatoms. The van der Waals surface area contributed by atoms with Crippen molar-refractivity contribution >= 4 is 28.7 Å². The molecule has 2 N–H and O–H groups in total. The van der Waals surface area contributed by atoms with Gasteiger partial charge in [0.05, 0.1) is 41.7 Å². The number of nitrogens with zero attached hydrogens (tertiary/aromatic N) is 4. The third-order valence-corrected chi connectivity index (χ3v) is 4.15. The van der Waals surface area contributed by atoms with E-state index in [1.54, 1.807) is 18.0 Å². The summed E-state index contributed by atoms with van der Waals surface area (Å²) in [6, 6.07) is 10.3. The van der Waals surface area contributed by atoms with E-state index in [0.717, 1.165) is 29.3 Å². The molecule has 0 amide bonds. The van der Waals surface area contributed by atoms with Crippen molar-refractivity contribution in [2.45, 2.75) is 27.1 Å². The van der Waals surface area contributed by atoms with Crippen molar-refractivity contribution in [3.8, 4) is 0 Å². The number of rotatable bonds is 6. The Morgan fingerprint density at radius 3 is 2.69 bits per heavy atom. The van der Waals surface area contributed by atoms with Crippen LogP contribution in [0.3, 0.4) is 0 Å². The standard InChI is InChI=1S/C18H22N6OS/c1-13-17(14(2)24(22-13)10-15-7-5-4-6-8-15)21-18(26)20-16-9-19-23(11-16)12-25-3/h4-9,11H,10,12H2,1-3H3,(H2,20,21,26). The summed E-state index contributed by atoms with van der Waals surface area (Å²) in [6.07, 6.45) is 3.53. The van der Waals surface area contributed by atoms with Gasteiger partial charge < -0.3 is 15.4 Å². The van der Waals surface area contributed by atoms with E-state index in [1.165, 1.54) is 5.56 Å². The fraction of sp³-hybridized carbons (Fsp3) is 0.278. The maximum atomic E-state index is 5.42. The quantitative estimate of drug-likeness (QED) is 0.650. The maximum Gasteiger partial charge on any atom is 0.175 e. The molecular formula is C18H22N6OS. The van der Waals surface area contributed by atoms with Crippen LogP contribution in [-0.4, -0.2) is 31.8 Å². The van der Waals surface area contributed by atoms with Gasteiger partial charge in [-0.15, -0.1) is 0 Å². The Morgan fingerprint density at radius 1 is 1.19 bits per heavy atom. The Labute approximate surface area is 158 Å². The third kappa shape index (κ3) is 4.27. The van der Waals surface area contributed by atoms with E-state index in [2.05, 4.69) is 33.0 Å². The van der Waals surface area contributed by atoms with Crippen LogP contribution in [0.15, 0.2) is 42.7 Å². The van der Waals surface area contributed by atoms with E-state index in [4.69, 9.17) is 17.0 Å². The Balaban J connectivity index is 1.68. The molecule has 0 unspecified atom stereocenters. The summed E-state index contributed by atoms with van der Waals surface area (Å²) >= 11 is 5.42. The van der Waals surface area contributed by atoms with Crippen LogP contribution in [0.2, 0.25) is 0 Å². The van der Waals surface area contributed by atoms with E-state index in [-0.39, 0.29) is 0 Å². The van der Waals surface area contributed by atoms with E-state index < -0.39 is 0 Å². The van der Waals surface area contributed by atoms with Crippen molar-refractivity contribution in [1.29, 1.82) is 0 Å². The van der Waals surface area contributed by atoms with Gasteiger partial charge in [-0.3, -0.25) is 4.68 Å². The molecule has 0 aliphatic rings. The second-order valence-corrected chi connectivity index (χ2v) is 6.36. The summed E-state index contributed by atoms with van der Waals surface area (Å²) in [5, 5.41) is 15.7. The number of aromatic nitrogens is 4. The fourth-order valence-corrected chi connectivity index (χ4v) is 2.91. The normalized spacial score (nSPS) is 10.7. The Morgan fingerprint density at radius 2 is 1.96 bits per heavy atom. The molecule has 2 heterocycles. The lowest BCUT2D eigenvalue weighted by molar-refractivity contribution is 0.120. The van der Waals surface area contributed by atoms with Gasteiger partial charge in [0, 0.05) is 7.11 Å². The van der Waals surface area contributed by atoms with E-state index in [1.807, 2.05) is 42.9 Å². The minimum atomic E-state index is 0.395. The smallest absolute Gasteiger partial charge is 0.175 e. The van der Waals surface area contributed by atoms with Crippen molar-refractivity contribution in [2.24, 2.45) is 0 Å². The maximum absolute atomic E-state index is 5.42. The highest BCUT2D eigenvalue weighted by atomic mass is 32.1. The zero-order valence-electron chi connectivity index (χ0n) is 15.1. The molecule has 0 aliphatic carbocycles. The van der Waals surface area contributed by atoms with Gasteiger partial charge in [0.1, 0.15) is 6.73 Å². The van der Waals surface area contributed by atoms with Crippen molar-refractivity contribution in [1.82, 2.24) is 19.6 Å². The molecular weight excluding hydrogens is 348 g/mol. The first-order valence-electron chi connectivity index (χ1n) is 8.24. The molecule has 7 nitrogen and oxygen atoms in total. The van der Waals surface area contributed by atoms with Gasteiger partial charge in [0.2, 0.25) is 0 Å². The van der Waals surface area contributed by atoms with Crippen LogP contribution in [0.25, 0.3) is 0 Å². The fourth-order valence-electron chi connectivity index (χ4n) is 2.69. The molecule has 0 bridgehead atoms. The van der Waals surface area contributed by atoms with Crippen LogP contribution >= 0.6 is 12.2 Å². The molecule has 2 aromatic heterocycles. The van der Waals surface area contributed by atoms with Crippen molar-refractivity contribution in [3.05, 3.63) is 59.7 Å².